The molecule has 0 heterocycles. The summed E-state index contributed by atoms with van der Waals surface area (Å²) in [6, 6.07) is 15.4. The van der Waals surface area contributed by atoms with Crippen LogP contribution in [-0.4, -0.2) is 5.91 Å². The third kappa shape index (κ3) is 4.22. The molecule has 1 amide bonds. The molecule has 0 saturated heterocycles. The Labute approximate surface area is 137 Å². The molecule has 1 aliphatic rings. The van der Waals surface area contributed by atoms with Crippen LogP contribution in [0.15, 0.2) is 60.7 Å². The first kappa shape index (κ1) is 15.3. The second-order valence-electron chi connectivity index (χ2n) is 5.93. The van der Waals surface area contributed by atoms with Crippen LogP contribution in [-0.2, 0) is 4.79 Å². The minimum atomic E-state index is 0.0295. The summed E-state index contributed by atoms with van der Waals surface area (Å²) in [5, 5.41) is 2.97. The van der Waals surface area contributed by atoms with Gasteiger partial charge in [0.1, 0.15) is 5.75 Å². The lowest BCUT2D eigenvalue weighted by molar-refractivity contribution is -0.116. The maximum atomic E-state index is 12.2. The van der Waals surface area contributed by atoms with Crippen LogP contribution in [0.25, 0.3) is 0 Å². The first-order valence-electron chi connectivity index (χ1n) is 8.01. The van der Waals surface area contributed by atoms with E-state index >= 15 is 0 Å². The van der Waals surface area contributed by atoms with Gasteiger partial charge in [0.25, 0.3) is 0 Å². The van der Waals surface area contributed by atoms with E-state index in [1.807, 2.05) is 55.5 Å². The smallest absolute Gasteiger partial charge is 0.225 e. The molecule has 23 heavy (non-hydrogen) atoms. The second-order valence-corrected chi connectivity index (χ2v) is 5.93. The van der Waals surface area contributed by atoms with Gasteiger partial charge in [0.15, 0.2) is 5.75 Å². The van der Waals surface area contributed by atoms with Gasteiger partial charge in [-0.15, -0.1) is 0 Å². The molecule has 1 atom stereocenters. The highest BCUT2D eigenvalue weighted by Gasteiger charge is 2.15. The molecular formula is C20H21NO2. The van der Waals surface area contributed by atoms with Gasteiger partial charge < -0.3 is 10.1 Å². The summed E-state index contributed by atoms with van der Waals surface area (Å²) in [4.78, 5) is 12.2. The summed E-state index contributed by atoms with van der Waals surface area (Å²) in [5.41, 5.74) is 1.85. The normalized spacial score (nSPS) is 16.3. The van der Waals surface area contributed by atoms with Gasteiger partial charge in [0.05, 0.1) is 5.69 Å². The SMILES string of the molecule is Cc1cccc(Oc2ccccc2NC(=O)C[C@H]2C=CCC2)c1. The van der Waals surface area contributed by atoms with E-state index in [1.165, 1.54) is 0 Å². The average molecular weight is 307 g/mol. The van der Waals surface area contributed by atoms with Crippen LogP contribution in [0.1, 0.15) is 24.8 Å². The van der Waals surface area contributed by atoms with Crippen LogP contribution >= 0.6 is 0 Å². The Morgan fingerprint density at radius 1 is 1.22 bits per heavy atom. The molecule has 1 N–H and O–H groups in total. The Bertz CT molecular complexity index is 721. The van der Waals surface area contributed by atoms with E-state index in [-0.39, 0.29) is 5.91 Å². The molecule has 3 rings (SSSR count). The summed E-state index contributed by atoms with van der Waals surface area (Å²) in [7, 11) is 0. The van der Waals surface area contributed by atoms with Crippen molar-refractivity contribution in [1.29, 1.82) is 0 Å². The van der Waals surface area contributed by atoms with Gasteiger partial charge in [-0.1, -0.05) is 36.4 Å². The fourth-order valence-electron chi connectivity index (χ4n) is 2.77. The number of aryl methyl sites for hydroxylation is 1. The Morgan fingerprint density at radius 3 is 2.87 bits per heavy atom. The molecule has 2 aromatic rings. The van der Waals surface area contributed by atoms with E-state index in [9.17, 15) is 4.79 Å². The van der Waals surface area contributed by atoms with Gasteiger partial charge in [0, 0.05) is 6.42 Å². The standard InChI is InChI=1S/C20H21NO2/c1-15-7-6-10-17(13-15)23-19-12-5-4-11-18(19)21-20(22)14-16-8-2-3-9-16/h2,4-8,10-13,16H,3,9,14H2,1H3,(H,21,22)/t16-/m0/s1. The molecule has 0 unspecified atom stereocenters. The number of hydrogen-bond acceptors (Lipinski definition) is 2. The van der Waals surface area contributed by atoms with E-state index in [1.54, 1.807) is 0 Å². The van der Waals surface area contributed by atoms with E-state index < -0.39 is 0 Å². The summed E-state index contributed by atoms with van der Waals surface area (Å²) >= 11 is 0. The monoisotopic (exact) mass is 307 g/mol. The van der Waals surface area contributed by atoms with Crippen LogP contribution in [0.4, 0.5) is 5.69 Å². The van der Waals surface area contributed by atoms with Gasteiger partial charge in [0.2, 0.25) is 5.91 Å². The van der Waals surface area contributed by atoms with Crippen LogP contribution in [0.5, 0.6) is 11.5 Å². The summed E-state index contributed by atoms with van der Waals surface area (Å²) in [6.07, 6.45) is 6.94. The Kier molecular flexibility index (Phi) is 4.77. The summed E-state index contributed by atoms with van der Waals surface area (Å²) in [5.74, 6) is 1.82. The second kappa shape index (κ2) is 7.14. The number of amides is 1. The molecule has 0 aliphatic heterocycles. The molecule has 3 heteroatoms. The lowest BCUT2D eigenvalue weighted by Crippen LogP contribution is -2.15. The molecule has 0 fully saturated rings. The van der Waals surface area contributed by atoms with Crippen molar-refractivity contribution >= 4 is 11.6 Å². The number of ether oxygens (including phenoxy) is 1. The number of anilines is 1. The molecule has 0 saturated carbocycles. The Hall–Kier alpha value is -2.55. The third-order valence-corrected chi connectivity index (χ3v) is 3.94. The van der Waals surface area contributed by atoms with Crippen LogP contribution in [0.2, 0.25) is 0 Å². The van der Waals surface area contributed by atoms with Gasteiger partial charge in [-0.3, -0.25) is 4.79 Å². The highest BCUT2D eigenvalue weighted by molar-refractivity contribution is 5.92. The fourth-order valence-corrected chi connectivity index (χ4v) is 2.77. The summed E-state index contributed by atoms with van der Waals surface area (Å²) < 4.78 is 5.93. The van der Waals surface area contributed by atoms with E-state index in [2.05, 4.69) is 17.5 Å². The quantitative estimate of drug-likeness (QED) is 0.782. The van der Waals surface area contributed by atoms with E-state index in [0.29, 0.717) is 23.8 Å². The van der Waals surface area contributed by atoms with Crippen molar-refractivity contribution in [3.05, 3.63) is 66.2 Å². The number of carbonyl (C=O) groups excluding carboxylic acids is 1. The van der Waals surface area contributed by atoms with Gasteiger partial charge >= 0.3 is 0 Å². The largest absolute Gasteiger partial charge is 0.455 e. The van der Waals surface area contributed by atoms with Gasteiger partial charge in [-0.25, -0.2) is 0 Å². The third-order valence-electron chi connectivity index (χ3n) is 3.94. The first-order valence-corrected chi connectivity index (χ1v) is 8.01. The van der Waals surface area contributed by atoms with Crippen molar-refractivity contribution in [3.63, 3.8) is 0 Å². The molecule has 0 bridgehead atoms. The van der Waals surface area contributed by atoms with Crippen molar-refractivity contribution in [2.45, 2.75) is 26.2 Å². The molecule has 0 radical (unpaired) electrons. The van der Waals surface area contributed by atoms with Crippen LogP contribution < -0.4 is 10.1 Å². The highest BCUT2D eigenvalue weighted by atomic mass is 16.5. The molecular weight excluding hydrogens is 286 g/mol. The molecule has 3 nitrogen and oxygen atoms in total. The number of carbonyl (C=O) groups is 1. The van der Waals surface area contributed by atoms with Crippen molar-refractivity contribution in [2.75, 3.05) is 5.32 Å². The highest BCUT2D eigenvalue weighted by Crippen LogP contribution is 2.30. The molecule has 0 spiro atoms. The number of benzene rings is 2. The van der Waals surface area contributed by atoms with Crippen molar-refractivity contribution in [2.24, 2.45) is 5.92 Å². The maximum Gasteiger partial charge on any atom is 0.225 e. The van der Waals surface area contributed by atoms with Crippen molar-refractivity contribution in [1.82, 2.24) is 0 Å². The van der Waals surface area contributed by atoms with E-state index in [4.69, 9.17) is 4.74 Å². The number of hydrogen-bond donors (Lipinski definition) is 1. The predicted octanol–water partition coefficient (Wildman–Crippen LogP) is 5.08. The predicted molar refractivity (Wildman–Crippen MR) is 92.8 cm³/mol. The zero-order valence-corrected chi connectivity index (χ0v) is 13.3. The fraction of sp³-hybridized carbons (Fsp3) is 0.250. The minimum absolute atomic E-state index is 0.0295. The number of allylic oxidation sites excluding steroid dienone is 2. The number of para-hydroxylation sites is 2. The van der Waals surface area contributed by atoms with Crippen molar-refractivity contribution in [3.8, 4) is 11.5 Å². The zero-order chi connectivity index (χ0) is 16.1. The summed E-state index contributed by atoms with van der Waals surface area (Å²) in [6.45, 7) is 2.02. The minimum Gasteiger partial charge on any atom is -0.455 e. The molecule has 118 valence electrons. The first-order chi connectivity index (χ1) is 11.2. The number of nitrogens with one attached hydrogen (secondary N) is 1. The van der Waals surface area contributed by atoms with Gasteiger partial charge in [-0.2, -0.15) is 0 Å². The van der Waals surface area contributed by atoms with Crippen LogP contribution in [0.3, 0.4) is 0 Å². The molecule has 2 aromatic carbocycles. The Balaban J connectivity index is 1.70. The van der Waals surface area contributed by atoms with Crippen LogP contribution in [0, 0.1) is 12.8 Å². The maximum absolute atomic E-state index is 12.2. The number of rotatable bonds is 5. The van der Waals surface area contributed by atoms with Crippen molar-refractivity contribution < 1.29 is 9.53 Å². The lowest BCUT2D eigenvalue weighted by atomic mass is 10.1. The molecule has 0 aromatic heterocycles. The topological polar surface area (TPSA) is 38.3 Å². The van der Waals surface area contributed by atoms with Gasteiger partial charge in [-0.05, 0) is 55.5 Å². The molecule has 1 aliphatic carbocycles. The average Bonchev–Trinajstić information content (AvgIpc) is 3.02. The lowest BCUT2D eigenvalue weighted by Gasteiger charge is -2.13. The zero-order valence-electron chi connectivity index (χ0n) is 13.3. The Morgan fingerprint density at radius 2 is 2.09 bits per heavy atom. The van der Waals surface area contributed by atoms with E-state index in [0.717, 1.165) is 24.2 Å².